The van der Waals surface area contributed by atoms with Crippen molar-refractivity contribution in [3.8, 4) is 0 Å². The molecule has 0 aromatic rings. The number of nitrogens with zero attached hydrogens (tertiary/aromatic N) is 2. The zero-order valence-corrected chi connectivity index (χ0v) is 10.8. The van der Waals surface area contributed by atoms with Gasteiger partial charge in [-0.3, -0.25) is 9.69 Å². The number of nitrogens with one attached hydrogen (secondary N) is 1. The summed E-state index contributed by atoms with van der Waals surface area (Å²) in [5, 5.41) is 3.27. The van der Waals surface area contributed by atoms with Crippen molar-refractivity contribution < 1.29 is 9.53 Å². The van der Waals surface area contributed by atoms with Gasteiger partial charge in [0, 0.05) is 38.8 Å². The topological polar surface area (TPSA) is 44.8 Å². The first-order chi connectivity index (χ1) is 8.20. The molecule has 5 heteroatoms. The lowest BCUT2D eigenvalue weighted by Crippen LogP contribution is -2.57. The number of piperazine rings is 1. The van der Waals surface area contributed by atoms with Crippen molar-refractivity contribution in [2.45, 2.75) is 25.9 Å². The van der Waals surface area contributed by atoms with Crippen LogP contribution in [-0.4, -0.2) is 73.7 Å². The van der Waals surface area contributed by atoms with Crippen molar-refractivity contribution in [1.29, 1.82) is 0 Å². The van der Waals surface area contributed by atoms with Crippen molar-refractivity contribution in [1.82, 2.24) is 15.1 Å². The fraction of sp³-hybridized carbons (Fsp3) is 0.917. The summed E-state index contributed by atoms with van der Waals surface area (Å²) >= 11 is 0. The number of morpholine rings is 1. The van der Waals surface area contributed by atoms with E-state index in [-0.39, 0.29) is 11.9 Å². The second-order valence-electron chi connectivity index (χ2n) is 4.91. The Morgan fingerprint density at radius 3 is 2.71 bits per heavy atom. The molecule has 2 rings (SSSR count). The molecule has 2 atom stereocenters. The molecule has 2 aliphatic heterocycles. The molecule has 98 valence electrons. The number of carbonyl (C=O) groups excluding carboxylic acids is 1. The maximum atomic E-state index is 12.4. The molecule has 17 heavy (non-hydrogen) atoms. The Labute approximate surface area is 103 Å². The van der Waals surface area contributed by atoms with Crippen molar-refractivity contribution in [2.75, 3.05) is 45.9 Å². The van der Waals surface area contributed by atoms with Crippen LogP contribution in [0.25, 0.3) is 0 Å². The molecular formula is C12H23N3O2. The minimum absolute atomic E-state index is 0.0213. The van der Waals surface area contributed by atoms with Crippen LogP contribution in [0.15, 0.2) is 0 Å². The predicted molar refractivity (Wildman–Crippen MR) is 65.9 cm³/mol. The third-order valence-corrected chi connectivity index (χ3v) is 3.70. The van der Waals surface area contributed by atoms with Crippen LogP contribution in [0.3, 0.4) is 0 Å². The van der Waals surface area contributed by atoms with E-state index in [1.165, 1.54) is 0 Å². The van der Waals surface area contributed by atoms with Crippen LogP contribution in [0.1, 0.15) is 13.8 Å². The lowest BCUT2D eigenvalue weighted by atomic mass is 10.1. The van der Waals surface area contributed by atoms with E-state index >= 15 is 0 Å². The number of carbonyl (C=O) groups is 1. The molecule has 5 nitrogen and oxygen atoms in total. The highest BCUT2D eigenvalue weighted by Gasteiger charge is 2.31. The van der Waals surface area contributed by atoms with Gasteiger partial charge in [0.25, 0.3) is 0 Å². The van der Waals surface area contributed by atoms with Crippen molar-refractivity contribution in [2.24, 2.45) is 0 Å². The maximum Gasteiger partial charge on any atom is 0.239 e. The third kappa shape index (κ3) is 2.97. The second-order valence-corrected chi connectivity index (χ2v) is 4.91. The van der Waals surface area contributed by atoms with E-state index in [0.29, 0.717) is 6.04 Å². The fourth-order valence-electron chi connectivity index (χ4n) is 2.61. The number of rotatable bonds is 2. The highest BCUT2D eigenvalue weighted by atomic mass is 16.5. The van der Waals surface area contributed by atoms with E-state index in [0.717, 1.165) is 45.9 Å². The molecule has 1 amide bonds. The molecule has 2 saturated heterocycles. The molecule has 0 aromatic carbocycles. The Morgan fingerprint density at radius 2 is 2.06 bits per heavy atom. The van der Waals surface area contributed by atoms with Gasteiger partial charge in [0.05, 0.1) is 19.3 Å². The zero-order valence-electron chi connectivity index (χ0n) is 10.8. The van der Waals surface area contributed by atoms with Gasteiger partial charge >= 0.3 is 0 Å². The van der Waals surface area contributed by atoms with Crippen molar-refractivity contribution in [3.05, 3.63) is 0 Å². The van der Waals surface area contributed by atoms with Crippen LogP contribution in [0.2, 0.25) is 0 Å². The Kier molecular flexibility index (Phi) is 4.36. The molecule has 2 heterocycles. The molecule has 2 fully saturated rings. The van der Waals surface area contributed by atoms with Crippen LogP contribution in [0.5, 0.6) is 0 Å². The molecule has 0 radical (unpaired) electrons. The number of ether oxygens (including phenoxy) is 1. The monoisotopic (exact) mass is 241 g/mol. The normalized spacial score (nSPS) is 29.1. The van der Waals surface area contributed by atoms with Gasteiger partial charge in [-0.25, -0.2) is 0 Å². The number of amides is 1. The summed E-state index contributed by atoms with van der Waals surface area (Å²) in [5.74, 6) is 0.264. The summed E-state index contributed by atoms with van der Waals surface area (Å²) in [5.41, 5.74) is 0. The average Bonchev–Trinajstić information content (AvgIpc) is 2.39. The number of hydrogen-bond acceptors (Lipinski definition) is 4. The Balaban J connectivity index is 1.92. The summed E-state index contributed by atoms with van der Waals surface area (Å²) in [6, 6.07) is 0.317. The third-order valence-electron chi connectivity index (χ3n) is 3.70. The van der Waals surface area contributed by atoms with E-state index in [1.54, 1.807) is 0 Å². The molecule has 1 N–H and O–H groups in total. The summed E-state index contributed by atoms with van der Waals surface area (Å²) in [6.07, 6.45) is 0. The fourth-order valence-corrected chi connectivity index (χ4v) is 2.61. The van der Waals surface area contributed by atoms with E-state index in [1.807, 2.05) is 11.8 Å². The van der Waals surface area contributed by atoms with Gasteiger partial charge in [-0.05, 0) is 13.8 Å². The lowest BCUT2D eigenvalue weighted by molar-refractivity contribution is -0.140. The SMILES string of the molecule is CC1COCCN1C(C)C(=O)N1CCNCC1. The molecule has 0 spiro atoms. The predicted octanol–water partition coefficient (Wildman–Crippen LogP) is -0.473. The standard InChI is InChI=1S/C12H23N3O2/c1-10-9-17-8-7-15(10)11(2)12(16)14-5-3-13-4-6-14/h10-11,13H,3-9H2,1-2H3. The second kappa shape index (κ2) is 5.80. The average molecular weight is 241 g/mol. The number of hydrogen-bond donors (Lipinski definition) is 1. The molecule has 2 aliphatic rings. The van der Waals surface area contributed by atoms with Gasteiger partial charge in [-0.1, -0.05) is 0 Å². The van der Waals surface area contributed by atoms with E-state index in [2.05, 4.69) is 17.1 Å². The summed E-state index contributed by atoms with van der Waals surface area (Å²) in [6.45, 7) is 9.98. The first kappa shape index (κ1) is 12.8. The first-order valence-electron chi connectivity index (χ1n) is 6.53. The highest BCUT2D eigenvalue weighted by Crippen LogP contribution is 2.13. The van der Waals surface area contributed by atoms with Crippen LogP contribution in [-0.2, 0) is 9.53 Å². The molecule has 2 unspecified atom stereocenters. The molecule has 0 saturated carbocycles. The molecule has 0 bridgehead atoms. The van der Waals surface area contributed by atoms with Gasteiger partial charge in [0.1, 0.15) is 0 Å². The smallest absolute Gasteiger partial charge is 0.239 e. The van der Waals surface area contributed by atoms with Crippen molar-refractivity contribution >= 4 is 5.91 Å². The van der Waals surface area contributed by atoms with E-state index in [4.69, 9.17) is 4.74 Å². The Bertz CT molecular complexity index is 266. The van der Waals surface area contributed by atoms with Crippen LogP contribution in [0.4, 0.5) is 0 Å². The van der Waals surface area contributed by atoms with Crippen molar-refractivity contribution in [3.63, 3.8) is 0 Å². The quantitative estimate of drug-likeness (QED) is 0.710. The molecule has 0 aromatic heterocycles. The Hall–Kier alpha value is -0.650. The van der Waals surface area contributed by atoms with E-state index in [9.17, 15) is 4.79 Å². The van der Waals surface area contributed by atoms with E-state index < -0.39 is 0 Å². The van der Waals surface area contributed by atoms with Gasteiger partial charge in [-0.15, -0.1) is 0 Å². The first-order valence-corrected chi connectivity index (χ1v) is 6.53. The summed E-state index contributed by atoms with van der Waals surface area (Å²) in [7, 11) is 0. The maximum absolute atomic E-state index is 12.4. The van der Waals surface area contributed by atoms with Crippen LogP contribution < -0.4 is 5.32 Å². The van der Waals surface area contributed by atoms with Gasteiger partial charge in [0.2, 0.25) is 5.91 Å². The minimum atomic E-state index is -0.0213. The lowest BCUT2D eigenvalue weighted by Gasteiger charge is -2.39. The minimum Gasteiger partial charge on any atom is -0.379 e. The summed E-state index contributed by atoms with van der Waals surface area (Å²) < 4.78 is 5.41. The zero-order chi connectivity index (χ0) is 12.3. The van der Waals surface area contributed by atoms with Crippen LogP contribution in [0, 0.1) is 0 Å². The molecule has 0 aliphatic carbocycles. The summed E-state index contributed by atoms with van der Waals surface area (Å²) in [4.78, 5) is 16.6. The van der Waals surface area contributed by atoms with Gasteiger partial charge in [-0.2, -0.15) is 0 Å². The van der Waals surface area contributed by atoms with Gasteiger partial charge < -0.3 is 15.0 Å². The highest BCUT2D eigenvalue weighted by molar-refractivity contribution is 5.81. The molecular weight excluding hydrogens is 218 g/mol. The Morgan fingerprint density at radius 1 is 1.35 bits per heavy atom. The largest absolute Gasteiger partial charge is 0.379 e. The van der Waals surface area contributed by atoms with Gasteiger partial charge in [0.15, 0.2) is 0 Å². The van der Waals surface area contributed by atoms with Crippen LogP contribution >= 0.6 is 0 Å².